The van der Waals surface area contributed by atoms with Crippen LogP contribution in [0.3, 0.4) is 0 Å². The summed E-state index contributed by atoms with van der Waals surface area (Å²) in [5.74, 6) is 0.616. The van der Waals surface area contributed by atoms with E-state index < -0.39 is 0 Å². The molecule has 3 aromatic carbocycles. The third-order valence-corrected chi connectivity index (χ3v) is 5.84. The van der Waals surface area contributed by atoms with Gasteiger partial charge in [-0.3, -0.25) is 9.59 Å². The van der Waals surface area contributed by atoms with Crippen molar-refractivity contribution in [2.24, 2.45) is 7.05 Å². The molecular formula is C24H23N5O3S. The molecule has 9 heteroatoms. The number of thioether (sulfide) groups is 1. The minimum absolute atomic E-state index is 0.161. The predicted molar refractivity (Wildman–Crippen MR) is 129 cm³/mol. The summed E-state index contributed by atoms with van der Waals surface area (Å²) in [4.78, 5) is 24.5. The number of hydrogen-bond acceptors (Lipinski definition) is 6. The fourth-order valence-electron chi connectivity index (χ4n) is 3.13. The van der Waals surface area contributed by atoms with Gasteiger partial charge in [-0.25, -0.2) is 0 Å². The van der Waals surface area contributed by atoms with Crippen LogP contribution in [0.5, 0.6) is 5.75 Å². The topological polar surface area (TPSA) is 98.1 Å². The molecule has 0 atom stereocenters. The van der Waals surface area contributed by atoms with E-state index in [1.54, 1.807) is 35.2 Å². The molecule has 0 fully saturated rings. The second-order valence-electron chi connectivity index (χ2n) is 7.25. The first kappa shape index (κ1) is 22.3. The van der Waals surface area contributed by atoms with Gasteiger partial charge >= 0.3 is 0 Å². The lowest BCUT2D eigenvalue weighted by Gasteiger charge is -2.09. The fraction of sp³-hybridized carbons (Fsp3) is 0.167. The van der Waals surface area contributed by atoms with Crippen LogP contribution in [0.2, 0.25) is 0 Å². The first-order valence-corrected chi connectivity index (χ1v) is 11.3. The van der Waals surface area contributed by atoms with Crippen molar-refractivity contribution < 1.29 is 14.3 Å². The van der Waals surface area contributed by atoms with Crippen LogP contribution in [0.1, 0.15) is 10.4 Å². The molecule has 4 rings (SSSR count). The quantitative estimate of drug-likeness (QED) is 0.292. The number of nitrogens with one attached hydrogen (secondary N) is 2. The number of hydrogen-bond donors (Lipinski definition) is 2. The summed E-state index contributed by atoms with van der Waals surface area (Å²) >= 11 is 1.30. The number of ether oxygens (including phenoxy) is 1. The van der Waals surface area contributed by atoms with Crippen molar-refractivity contribution in [2.45, 2.75) is 5.16 Å². The Balaban J connectivity index is 1.20. The highest BCUT2D eigenvalue weighted by molar-refractivity contribution is 7.99. The Bertz CT molecular complexity index is 1260. The molecule has 0 aliphatic rings. The zero-order valence-electron chi connectivity index (χ0n) is 18.0. The number of benzene rings is 3. The highest BCUT2D eigenvalue weighted by atomic mass is 32.2. The van der Waals surface area contributed by atoms with Crippen molar-refractivity contribution >= 4 is 40.0 Å². The maximum atomic E-state index is 12.4. The van der Waals surface area contributed by atoms with Crippen molar-refractivity contribution in [1.82, 2.24) is 20.1 Å². The minimum atomic E-state index is -0.201. The molecule has 8 nitrogen and oxygen atoms in total. The largest absolute Gasteiger partial charge is 0.492 e. The molecule has 2 N–H and O–H groups in total. The van der Waals surface area contributed by atoms with Gasteiger partial charge in [-0.15, -0.1) is 10.2 Å². The Labute approximate surface area is 195 Å². The summed E-state index contributed by atoms with van der Waals surface area (Å²) in [5.41, 5.74) is 1.13. The summed E-state index contributed by atoms with van der Waals surface area (Å²) in [6.45, 7) is 0.741. The first-order chi connectivity index (χ1) is 16.1. The van der Waals surface area contributed by atoms with Gasteiger partial charge < -0.3 is 19.9 Å². The van der Waals surface area contributed by atoms with Crippen LogP contribution in [-0.4, -0.2) is 45.5 Å². The van der Waals surface area contributed by atoms with Crippen LogP contribution in [0, 0.1) is 0 Å². The molecule has 4 aromatic rings. The van der Waals surface area contributed by atoms with Crippen LogP contribution < -0.4 is 15.4 Å². The molecule has 0 bridgehead atoms. The summed E-state index contributed by atoms with van der Waals surface area (Å²) in [6.07, 6.45) is 1.58. The van der Waals surface area contributed by atoms with Gasteiger partial charge in [0.1, 0.15) is 18.7 Å². The number of rotatable bonds is 9. The van der Waals surface area contributed by atoms with E-state index in [4.69, 9.17) is 4.74 Å². The standard InChI is InChI=1S/C24H23N5O3S/c1-29-16-26-28-24(29)33-15-22(30)27-20-9-6-18(7-10-20)23(31)25-12-13-32-21-11-8-17-4-2-3-5-19(17)14-21/h2-11,14,16H,12-13,15H2,1H3,(H,25,31)(H,27,30). The van der Waals surface area contributed by atoms with Crippen LogP contribution in [0.15, 0.2) is 78.2 Å². The monoisotopic (exact) mass is 461 g/mol. The molecule has 0 radical (unpaired) electrons. The van der Waals surface area contributed by atoms with E-state index in [0.29, 0.717) is 29.6 Å². The molecular weight excluding hydrogens is 438 g/mol. The number of nitrogens with zero attached hydrogens (tertiary/aromatic N) is 3. The number of amides is 2. The van der Waals surface area contributed by atoms with Crippen LogP contribution in [-0.2, 0) is 11.8 Å². The zero-order chi connectivity index (χ0) is 23.0. The van der Waals surface area contributed by atoms with Crippen LogP contribution >= 0.6 is 11.8 Å². The SMILES string of the molecule is Cn1cnnc1SCC(=O)Nc1ccc(C(=O)NCCOc2ccc3ccccc3c2)cc1. The Kier molecular flexibility index (Phi) is 7.21. The van der Waals surface area contributed by atoms with E-state index in [9.17, 15) is 9.59 Å². The molecule has 0 saturated carbocycles. The Morgan fingerprint density at radius 1 is 1.03 bits per heavy atom. The zero-order valence-corrected chi connectivity index (χ0v) is 18.8. The highest BCUT2D eigenvalue weighted by Crippen LogP contribution is 2.20. The van der Waals surface area contributed by atoms with E-state index in [0.717, 1.165) is 16.5 Å². The minimum Gasteiger partial charge on any atom is -0.492 e. The molecule has 0 aliphatic heterocycles. The predicted octanol–water partition coefficient (Wildman–Crippen LogP) is 3.51. The fourth-order valence-corrected chi connectivity index (χ4v) is 3.82. The van der Waals surface area contributed by atoms with Gasteiger partial charge in [0, 0.05) is 18.3 Å². The summed E-state index contributed by atoms with van der Waals surface area (Å²) in [6, 6.07) is 20.7. The molecule has 0 saturated heterocycles. The highest BCUT2D eigenvalue weighted by Gasteiger charge is 2.09. The molecule has 33 heavy (non-hydrogen) atoms. The van der Waals surface area contributed by atoms with Crippen LogP contribution in [0.25, 0.3) is 10.8 Å². The number of carbonyl (C=O) groups is 2. The van der Waals surface area contributed by atoms with Crippen molar-refractivity contribution in [3.63, 3.8) is 0 Å². The molecule has 2 amide bonds. The second kappa shape index (κ2) is 10.6. The Morgan fingerprint density at radius 3 is 2.58 bits per heavy atom. The normalized spacial score (nSPS) is 10.7. The molecule has 0 aliphatic carbocycles. The van der Waals surface area contributed by atoms with E-state index in [1.807, 2.05) is 43.4 Å². The average Bonchev–Trinajstić information content (AvgIpc) is 3.25. The van der Waals surface area contributed by atoms with E-state index in [2.05, 4.69) is 26.9 Å². The van der Waals surface area contributed by atoms with E-state index in [-0.39, 0.29) is 17.6 Å². The van der Waals surface area contributed by atoms with Gasteiger partial charge in [0.15, 0.2) is 5.16 Å². The smallest absolute Gasteiger partial charge is 0.251 e. The van der Waals surface area contributed by atoms with Crippen LogP contribution in [0.4, 0.5) is 5.69 Å². The Morgan fingerprint density at radius 2 is 1.82 bits per heavy atom. The van der Waals surface area contributed by atoms with Crippen molar-refractivity contribution in [1.29, 1.82) is 0 Å². The molecule has 1 heterocycles. The van der Waals surface area contributed by atoms with Gasteiger partial charge in [-0.2, -0.15) is 0 Å². The third-order valence-electron chi connectivity index (χ3n) is 4.81. The van der Waals surface area contributed by atoms with Crippen molar-refractivity contribution in [3.8, 4) is 5.75 Å². The number of aromatic nitrogens is 3. The van der Waals surface area contributed by atoms with E-state index >= 15 is 0 Å². The molecule has 0 spiro atoms. The molecule has 168 valence electrons. The van der Waals surface area contributed by atoms with Gasteiger partial charge in [0.25, 0.3) is 5.91 Å². The van der Waals surface area contributed by atoms with Crippen molar-refractivity contribution in [3.05, 3.63) is 78.6 Å². The van der Waals surface area contributed by atoms with E-state index in [1.165, 1.54) is 11.8 Å². The Hall–Kier alpha value is -3.85. The third kappa shape index (κ3) is 6.11. The average molecular weight is 462 g/mol. The molecule has 0 unspecified atom stereocenters. The first-order valence-electron chi connectivity index (χ1n) is 10.3. The lowest BCUT2D eigenvalue weighted by Crippen LogP contribution is -2.28. The number of fused-ring (bicyclic) bond motifs is 1. The lowest BCUT2D eigenvalue weighted by atomic mass is 10.1. The summed E-state index contributed by atoms with van der Waals surface area (Å²) in [5, 5.41) is 16.3. The maximum Gasteiger partial charge on any atom is 0.251 e. The van der Waals surface area contributed by atoms with Gasteiger partial charge in [-0.05, 0) is 47.2 Å². The molecule has 1 aromatic heterocycles. The summed E-state index contributed by atoms with van der Waals surface area (Å²) in [7, 11) is 1.82. The van der Waals surface area contributed by atoms with Crippen molar-refractivity contribution in [2.75, 3.05) is 24.2 Å². The number of anilines is 1. The van der Waals surface area contributed by atoms with Gasteiger partial charge in [-0.1, -0.05) is 42.1 Å². The van der Waals surface area contributed by atoms with Gasteiger partial charge in [0.05, 0.1) is 12.3 Å². The van der Waals surface area contributed by atoms with Gasteiger partial charge in [0.2, 0.25) is 5.91 Å². The number of aryl methyl sites for hydroxylation is 1. The maximum absolute atomic E-state index is 12.4. The number of carbonyl (C=O) groups excluding carboxylic acids is 2. The second-order valence-corrected chi connectivity index (χ2v) is 8.19. The lowest BCUT2D eigenvalue weighted by molar-refractivity contribution is -0.113. The summed E-state index contributed by atoms with van der Waals surface area (Å²) < 4.78 is 7.49.